The molecule has 0 amide bonds. The molecule has 0 aliphatic heterocycles. The second-order valence-corrected chi connectivity index (χ2v) is 5.48. The molecule has 0 bridgehead atoms. The van der Waals surface area contributed by atoms with E-state index in [0.29, 0.717) is 11.6 Å². The van der Waals surface area contributed by atoms with Gasteiger partial charge in [0.1, 0.15) is 22.0 Å². The lowest BCUT2D eigenvalue weighted by molar-refractivity contribution is 0.0691. The molecule has 0 saturated carbocycles. The van der Waals surface area contributed by atoms with Crippen LogP contribution in [-0.2, 0) is 6.54 Å². The maximum atomic E-state index is 10.7. The number of carboxylic acid groups (broad SMARTS) is 1. The Bertz CT molecular complexity index is 737. The van der Waals surface area contributed by atoms with E-state index >= 15 is 0 Å². The Labute approximate surface area is 115 Å². The van der Waals surface area contributed by atoms with Gasteiger partial charge in [0.05, 0.1) is 11.9 Å². The van der Waals surface area contributed by atoms with E-state index < -0.39 is 5.97 Å². The number of nitrogens with one attached hydrogen (secondary N) is 1. The van der Waals surface area contributed by atoms with Crippen molar-refractivity contribution < 1.29 is 9.90 Å². The minimum atomic E-state index is -1.01. The van der Waals surface area contributed by atoms with Crippen LogP contribution in [0, 0.1) is 0 Å². The monoisotopic (exact) mass is 292 g/mol. The highest BCUT2D eigenvalue weighted by atomic mass is 32.1. The van der Waals surface area contributed by atoms with Gasteiger partial charge in [-0.2, -0.15) is 0 Å². The number of carbonyl (C=O) groups is 1. The van der Waals surface area contributed by atoms with Crippen LogP contribution in [0.4, 0.5) is 5.82 Å². The summed E-state index contributed by atoms with van der Waals surface area (Å²) in [5, 5.41) is 17.1. The van der Waals surface area contributed by atoms with Gasteiger partial charge < -0.3 is 10.4 Å². The van der Waals surface area contributed by atoms with Crippen molar-refractivity contribution in [3.63, 3.8) is 0 Å². The molecule has 3 rings (SSSR count). The molecule has 3 aromatic rings. The number of nitrogens with zero attached hydrogens (tertiary/aromatic N) is 3. The third-order valence-corrected chi connectivity index (χ3v) is 4.11. The topological polar surface area (TPSA) is 88.0 Å². The van der Waals surface area contributed by atoms with Crippen LogP contribution in [0.25, 0.3) is 10.2 Å². The van der Waals surface area contributed by atoms with Crippen molar-refractivity contribution in [1.82, 2.24) is 15.0 Å². The SMILES string of the molecule is O=C(O)c1csc(CNc2ncnc3sccc23)n1. The standard InChI is InChI=1S/C11H8N4O2S2/c16-11(17)7-4-19-8(15-7)3-12-9-6-1-2-18-10(6)14-5-13-9/h1-2,4-5H,3H2,(H,16,17)(H,12,13,14). The highest BCUT2D eigenvalue weighted by Gasteiger charge is 2.09. The quantitative estimate of drug-likeness (QED) is 0.768. The summed E-state index contributed by atoms with van der Waals surface area (Å²) in [6, 6.07) is 1.95. The van der Waals surface area contributed by atoms with Crippen LogP contribution < -0.4 is 5.32 Å². The minimum absolute atomic E-state index is 0.0742. The number of rotatable bonds is 4. The van der Waals surface area contributed by atoms with Crippen LogP contribution in [0.3, 0.4) is 0 Å². The van der Waals surface area contributed by atoms with E-state index in [9.17, 15) is 4.79 Å². The number of carboxylic acids is 1. The van der Waals surface area contributed by atoms with Crippen molar-refractivity contribution in [2.45, 2.75) is 6.54 Å². The van der Waals surface area contributed by atoms with Gasteiger partial charge in [0.15, 0.2) is 5.69 Å². The Morgan fingerprint density at radius 2 is 2.26 bits per heavy atom. The molecule has 6 nitrogen and oxygen atoms in total. The molecule has 0 saturated heterocycles. The molecule has 2 N–H and O–H groups in total. The Morgan fingerprint density at radius 1 is 1.37 bits per heavy atom. The number of thiazole rings is 1. The van der Waals surface area contributed by atoms with Crippen molar-refractivity contribution in [3.05, 3.63) is 33.9 Å². The largest absolute Gasteiger partial charge is 0.476 e. The molecule has 8 heteroatoms. The van der Waals surface area contributed by atoms with Crippen molar-refractivity contribution >= 4 is 44.7 Å². The molecule has 0 unspecified atom stereocenters. The molecular formula is C11H8N4O2S2. The summed E-state index contributed by atoms with van der Waals surface area (Å²) in [6.45, 7) is 0.444. The van der Waals surface area contributed by atoms with Crippen LogP contribution in [0.2, 0.25) is 0 Å². The number of anilines is 1. The smallest absolute Gasteiger partial charge is 0.355 e. The summed E-state index contributed by atoms with van der Waals surface area (Å²) >= 11 is 2.86. The first-order valence-corrected chi connectivity index (χ1v) is 7.10. The fraction of sp³-hybridized carbons (Fsp3) is 0.0909. The van der Waals surface area contributed by atoms with Gasteiger partial charge in [-0.25, -0.2) is 19.7 Å². The van der Waals surface area contributed by atoms with Crippen LogP contribution in [0.1, 0.15) is 15.5 Å². The van der Waals surface area contributed by atoms with E-state index in [1.54, 1.807) is 11.3 Å². The Hall–Kier alpha value is -2.06. The van der Waals surface area contributed by atoms with E-state index in [1.807, 2.05) is 11.4 Å². The third kappa shape index (κ3) is 2.40. The Balaban J connectivity index is 1.78. The van der Waals surface area contributed by atoms with Crippen molar-refractivity contribution in [2.75, 3.05) is 5.32 Å². The average Bonchev–Trinajstić information content (AvgIpc) is 3.05. The van der Waals surface area contributed by atoms with Crippen molar-refractivity contribution in [1.29, 1.82) is 0 Å². The predicted molar refractivity (Wildman–Crippen MR) is 73.8 cm³/mol. The van der Waals surface area contributed by atoms with Crippen LogP contribution >= 0.6 is 22.7 Å². The summed E-state index contributed by atoms with van der Waals surface area (Å²) in [5.41, 5.74) is 0.0742. The average molecular weight is 292 g/mol. The first kappa shape index (κ1) is 12.0. The Kier molecular flexibility index (Phi) is 3.10. The van der Waals surface area contributed by atoms with Crippen LogP contribution in [0.5, 0.6) is 0 Å². The first-order valence-electron chi connectivity index (χ1n) is 5.34. The summed E-state index contributed by atoms with van der Waals surface area (Å²) in [7, 11) is 0. The maximum absolute atomic E-state index is 10.7. The molecule has 3 heterocycles. The molecule has 0 aromatic carbocycles. The van der Waals surface area contributed by atoms with Crippen molar-refractivity contribution in [2.24, 2.45) is 0 Å². The van der Waals surface area contributed by atoms with Crippen LogP contribution in [-0.4, -0.2) is 26.0 Å². The molecule has 0 fully saturated rings. The van der Waals surface area contributed by atoms with Gasteiger partial charge in [0.25, 0.3) is 0 Å². The summed E-state index contributed by atoms with van der Waals surface area (Å²) < 4.78 is 0. The van der Waals surface area contributed by atoms with Gasteiger partial charge in [0.2, 0.25) is 0 Å². The number of hydrogen-bond acceptors (Lipinski definition) is 7. The van der Waals surface area contributed by atoms with Gasteiger partial charge in [-0.3, -0.25) is 0 Å². The second-order valence-electron chi connectivity index (χ2n) is 3.65. The zero-order chi connectivity index (χ0) is 13.2. The lowest BCUT2D eigenvalue weighted by Crippen LogP contribution is -2.03. The molecule has 0 atom stereocenters. The summed E-state index contributed by atoms with van der Waals surface area (Å²) in [4.78, 5) is 24.0. The molecule has 0 aliphatic rings. The zero-order valence-corrected chi connectivity index (χ0v) is 11.2. The number of hydrogen-bond donors (Lipinski definition) is 2. The van der Waals surface area contributed by atoms with Gasteiger partial charge in [-0.1, -0.05) is 0 Å². The molecule has 0 aliphatic carbocycles. The third-order valence-electron chi connectivity index (χ3n) is 2.44. The zero-order valence-electron chi connectivity index (χ0n) is 9.53. The van der Waals surface area contributed by atoms with Gasteiger partial charge in [-0.15, -0.1) is 22.7 Å². The fourth-order valence-corrected chi connectivity index (χ4v) is 3.02. The molecule has 3 aromatic heterocycles. The molecule has 0 spiro atoms. The van der Waals surface area contributed by atoms with E-state index in [4.69, 9.17) is 5.11 Å². The van der Waals surface area contributed by atoms with Gasteiger partial charge >= 0.3 is 5.97 Å². The molecule has 19 heavy (non-hydrogen) atoms. The van der Waals surface area contributed by atoms with E-state index in [1.165, 1.54) is 23.0 Å². The van der Waals surface area contributed by atoms with E-state index in [2.05, 4.69) is 20.3 Å². The second kappa shape index (κ2) is 4.90. The molecule has 96 valence electrons. The number of aromatic nitrogens is 3. The first-order chi connectivity index (χ1) is 9.24. The number of thiophene rings is 1. The van der Waals surface area contributed by atoms with Gasteiger partial charge in [0, 0.05) is 5.38 Å². The highest BCUT2D eigenvalue weighted by Crippen LogP contribution is 2.24. The van der Waals surface area contributed by atoms with Crippen molar-refractivity contribution in [3.8, 4) is 0 Å². The fourth-order valence-electron chi connectivity index (χ4n) is 1.58. The maximum Gasteiger partial charge on any atom is 0.355 e. The number of fused-ring (bicyclic) bond motifs is 1. The summed E-state index contributed by atoms with van der Waals surface area (Å²) in [5.74, 6) is -0.275. The highest BCUT2D eigenvalue weighted by molar-refractivity contribution is 7.16. The van der Waals surface area contributed by atoms with Crippen LogP contribution in [0.15, 0.2) is 23.2 Å². The lowest BCUT2D eigenvalue weighted by Gasteiger charge is -2.03. The predicted octanol–water partition coefficient (Wildman–Crippen LogP) is 2.46. The molecule has 0 radical (unpaired) electrons. The normalized spacial score (nSPS) is 10.7. The minimum Gasteiger partial charge on any atom is -0.476 e. The number of aromatic carboxylic acids is 1. The van der Waals surface area contributed by atoms with E-state index in [0.717, 1.165) is 16.0 Å². The Morgan fingerprint density at radius 3 is 3.05 bits per heavy atom. The van der Waals surface area contributed by atoms with E-state index in [-0.39, 0.29) is 5.69 Å². The van der Waals surface area contributed by atoms with Gasteiger partial charge in [-0.05, 0) is 11.4 Å². The summed E-state index contributed by atoms with van der Waals surface area (Å²) in [6.07, 6.45) is 1.51. The lowest BCUT2D eigenvalue weighted by atomic mass is 10.4. The molecular weight excluding hydrogens is 284 g/mol.